The molecule has 3 nitrogen and oxygen atoms in total. The van der Waals surface area contributed by atoms with Crippen LogP contribution in [0.15, 0.2) is 30.3 Å². The molecule has 134 valence electrons. The number of unbranched alkanes of at least 4 members (excludes halogenated alkanes) is 3. The second-order valence-electron chi connectivity index (χ2n) is 6.55. The van der Waals surface area contributed by atoms with Gasteiger partial charge in [-0.3, -0.25) is 4.79 Å². The van der Waals surface area contributed by atoms with Crippen LogP contribution in [0.3, 0.4) is 0 Å². The van der Waals surface area contributed by atoms with Crippen molar-refractivity contribution in [3.05, 3.63) is 35.9 Å². The molecule has 1 aliphatic heterocycles. The highest BCUT2D eigenvalue weighted by atomic mass is 32.2. The van der Waals surface area contributed by atoms with Gasteiger partial charge in [-0.2, -0.15) is 11.8 Å². The number of hydrogen-bond acceptors (Lipinski definition) is 4. The van der Waals surface area contributed by atoms with Gasteiger partial charge in [0.15, 0.2) is 5.78 Å². The van der Waals surface area contributed by atoms with Crippen LogP contribution in [0.1, 0.15) is 57.9 Å². The average molecular weight is 351 g/mol. The quantitative estimate of drug-likeness (QED) is 0.558. The summed E-state index contributed by atoms with van der Waals surface area (Å²) in [6.07, 6.45) is 5.88. The van der Waals surface area contributed by atoms with Crippen molar-refractivity contribution in [1.29, 1.82) is 0 Å². The Bertz CT molecular complexity index is 477. The standard InChI is InChI=1S/C20H30O3S/c1-3-4-5-7-10-16(2)23-20-19(21)13-18(14-22-20)24-15-17-11-8-6-9-12-17/h6,8-9,11-12,16,18,20H,3-5,7,10,13-15H2,1-2H3/t16-,18+,20-/m0/s1. The van der Waals surface area contributed by atoms with E-state index >= 15 is 0 Å². The molecule has 0 unspecified atom stereocenters. The van der Waals surface area contributed by atoms with Crippen molar-refractivity contribution >= 4 is 17.5 Å². The highest BCUT2D eigenvalue weighted by molar-refractivity contribution is 7.99. The number of ketones is 1. The first-order chi connectivity index (χ1) is 11.7. The minimum Gasteiger partial charge on any atom is -0.345 e. The number of carbonyl (C=O) groups excluding carboxylic acids is 1. The number of benzene rings is 1. The van der Waals surface area contributed by atoms with Gasteiger partial charge >= 0.3 is 0 Å². The zero-order valence-corrected chi connectivity index (χ0v) is 15.7. The Hall–Kier alpha value is -0.840. The van der Waals surface area contributed by atoms with Crippen molar-refractivity contribution in [1.82, 2.24) is 0 Å². The minimum atomic E-state index is -0.653. The largest absolute Gasteiger partial charge is 0.345 e. The molecule has 0 radical (unpaired) electrons. The van der Waals surface area contributed by atoms with E-state index < -0.39 is 6.29 Å². The van der Waals surface area contributed by atoms with Gasteiger partial charge in [-0.05, 0) is 18.9 Å². The molecule has 0 spiro atoms. The second-order valence-corrected chi connectivity index (χ2v) is 7.84. The van der Waals surface area contributed by atoms with E-state index in [2.05, 4.69) is 19.1 Å². The van der Waals surface area contributed by atoms with E-state index in [0.29, 0.717) is 13.0 Å². The van der Waals surface area contributed by atoms with Gasteiger partial charge in [0.05, 0.1) is 12.7 Å². The summed E-state index contributed by atoms with van der Waals surface area (Å²) in [5.74, 6) is 1.01. The lowest BCUT2D eigenvalue weighted by Gasteiger charge is -2.29. The van der Waals surface area contributed by atoms with Gasteiger partial charge < -0.3 is 9.47 Å². The summed E-state index contributed by atoms with van der Waals surface area (Å²) in [5, 5.41) is 0.234. The van der Waals surface area contributed by atoms with Gasteiger partial charge in [-0.1, -0.05) is 62.9 Å². The van der Waals surface area contributed by atoms with Crippen LogP contribution >= 0.6 is 11.8 Å². The van der Waals surface area contributed by atoms with Gasteiger partial charge in [0, 0.05) is 17.4 Å². The lowest BCUT2D eigenvalue weighted by Crippen LogP contribution is -2.40. The Morgan fingerprint density at radius 1 is 1.25 bits per heavy atom. The summed E-state index contributed by atoms with van der Waals surface area (Å²) in [6, 6.07) is 10.3. The predicted octanol–water partition coefficient (Wildman–Crippen LogP) is 4.98. The molecule has 1 saturated heterocycles. The smallest absolute Gasteiger partial charge is 0.218 e. The third-order valence-corrected chi connectivity index (χ3v) is 5.55. The number of carbonyl (C=O) groups is 1. The maximum atomic E-state index is 12.3. The number of rotatable bonds is 10. The zero-order valence-electron chi connectivity index (χ0n) is 14.9. The number of Topliss-reactive ketones (excluding diaryl/α,β-unsaturated/α-hetero) is 1. The number of hydrogen-bond donors (Lipinski definition) is 0. The Kier molecular flexibility index (Phi) is 8.86. The fourth-order valence-electron chi connectivity index (χ4n) is 2.82. The van der Waals surface area contributed by atoms with Crippen LogP contribution in [0.25, 0.3) is 0 Å². The van der Waals surface area contributed by atoms with Crippen molar-refractivity contribution < 1.29 is 14.3 Å². The van der Waals surface area contributed by atoms with Crippen LogP contribution in [-0.2, 0) is 20.0 Å². The van der Waals surface area contributed by atoms with Gasteiger partial charge in [0.25, 0.3) is 0 Å². The third-order valence-electron chi connectivity index (χ3n) is 4.27. The molecule has 1 fully saturated rings. The summed E-state index contributed by atoms with van der Waals surface area (Å²) in [7, 11) is 0. The fourth-order valence-corrected chi connectivity index (χ4v) is 3.89. The van der Waals surface area contributed by atoms with E-state index in [0.717, 1.165) is 18.6 Å². The van der Waals surface area contributed by atoms with E-state index in [1.165, 1.54) is 24.8 Å². The highest BCUT2D eigenvalue weighted by Gasteiger charge is 2.31. The fraction of sp³-hybridized carbons (Fsp3) is 0.650. The van der Waals surface area contributed by atoms with Crippen molar-refractivity contribution in [3.8, 4) is 0 Å². The Labute approximate surface area is 150 Å². The molecular formula is C20H30O3S. The van der Waals surface area contributed by atoms with Crippen LogP contribution in [0.2, 0.25) is 0 Å². The van der Waals surface area contributed by atoms with Crippen LogP contribution in [-0.4, -0.2) is 30.0 Å². The van der Waals surface area contributed by atoms with Crippen LogP contribution in [0, 0.1) is 0 Å². The molecule has 4 heteroatoms. The Morgan fingerprint density at radius 2 is 2.04 bits per heavy atom. The van der Waals surface area contributed by atoms with E-state index in [-0.39, 0.29) is 17.1 Å². The molecule has 0 bridgehead atoms. The molecule has 1 heterocycles. The van der Waals surface area contributed by atoms with Gasteiger partial charge in [-0.15, -0.1) is 0 Å². The predicted molar refractivity (Wildman–Crippen MR) is 100 cm³/mol. The molecule has 1 aromatic rings. The van der Waals surface area contributed by atoms with E-state index in [4.69, 9.17) is 9.47 Å². The van der Waals surface area contributed by atoms with E-state index in [9.17, 15) is 4.79 Å². The van der Waals surface area contributed by atoms with Gasteiger partial charge in [-0.25, -0.2) is 0 Å². The van der Waals surface area contributed by atoms with Crippen LogP contribution in [0.4, 0.5) is 0 Å². The maximum Gasteiger partial charge on any atom is 0.218 e. The SMILES string of the molecule is CCCCCC[C@H](C)O[C@@H]1OC[C@H](SCc2ccccc2)CC1=O. The van der Waals surface area contributed by atoms with Crippen LogP contribution < -0.4 is 0 Å². The summed E-state index contributed by atoms with van der Waals surface area (Å²) < 4.78 is 11.5. The molecule has 0 aromatic heterocycles. The normalized spacial score (nSPS) is 22.5. The van der Waals surface area contributed by atoms with Crippen molar-refractivity contribution in [3.63, 3.8) is 0 Å². The molecule has 1 aromatic carbocycles. The monoisotopic (exact) mass is 350 g/mol. The minimum absolute atomic E-state index is 0.0873. The molecule has 2 rings (SSSR count). The van der Waals surface area contributed by atoms with Gasteiger partial charge in [0.1, 0.15) is 0 Å². The Morgan fingerprint density at radius 3 is 2.75 bits per heavy atom. The van der Waals surface area contributed by atoms with E-state index in [1.807, 2.05) is 25.1 Å². The molecule has 0 aliphatic carbocycles. The zero-order chi connectivity index (χ0) is 17.2. The second kappa shape index (κ2) is 10.9. The molecule has 0 saturated carbocycles. The molecule has 1 aliphatic rings. The van der Waals surface area contributed by atoms with Crippen molar-refractivity contribution in [2.24, 2.45) is 0 Å². The first-order valence-electron chi connectivity index (χ1n) is 9.14. The lowest BCUT2D eigenvalue weighted by atomic mass is 10.1. The lowest BCUT2D eigenvalue weighted by molar-refractivity contribution is -0.190. The van der Waals surface area contributed by atoms with Crippen molar-refractivity contribution in [2.45, 2.75) is 75.8 Å². The van der Waals surface area contributed by atoms with Crippen LogP contribution in [0.5, 0.6) is 0 Å². The third kappa shape index (κ3) is 6.96. The maximum absolute atomic E-state index is 12.3. The topological polar surface area (TPSA) is 35.5 Å². The Balaban J connectivity index is 1.66. The highest BCUT2D eigenvalue weighted by Crippen LogP contribution is 2.26. The summed E-state index contributed by atoms with van der Waals surface area (Å²) in [5.41, 5.74) is 1.29. The summed E-state index contributed by atoms with van der Waals surface area (Å²) in [4.78, 5) is 12.3. The summed E-state index contributed by atoms with van der Waals surface area (Å²) >= 11 is 1.79. The van der Waals surface area contributed by atoms with Crippen molar-refractivity contribution in [2.75, 3.05) is 6.61 Å². The first-order valence-corrected chi connectivity index (χ1v) is 10.2. The number of ether oxygens (including phenoxy) is 2. The molecule has 0 N–H and O–H groups in total. The average Bonchev–Trinajstić information content (AvgIpc) is 2.60. The molecular weight excluding hydrogens is 320 g/mol. The molecule has 3 atom stereocenters. The number of thioether (sulfide) groups is 1. The first kappa shape index (κ1) is 19.5. The molecule has 0 amide bonds. The molecule has 24 heavy (non-hydrogen) atoms. The van der Waals surface area contributed by atoms with Gasteiger partial charge in [0.2, 0.25) is 6.29 Å². The summed E-state index contributed by atoms with van der Waals surface area (Å²) in [6.45, 7) is 4.84. The van der Waals surface area contributed by atoms with E-state index in [1.54, 1.807) is 11.8 Å².